The first kappa shape index (κ1) is 14.9. The molecule has 0 unspecified atom stereocenters. The number of para-hydroxylation sites is 1. The van der Waals surface area contributed by atoms with E-state index < -0.39 is 17.6 Å². The third-order valence-corrected chi connectivity index (χ3v) is 3.19. The topological polar surface area (TPSA) is 81.0 Å². The predicted octanol–water partition coefficient (Wildman–Crippen LogP) is 3.47. The van der Waals surface area contributed by atoms with Crippen LogP contribution < -0.4 is 10.5 Å². The molecule has 0 aliphatic heterocycles. The Balaban J connectivity index is 2.03. The first-order valence-corrected chi connectivity index (χ1v) is 6.47. The maximum Gasteiger partial charge on any atom is 0.418 e. The van der Waals surface area contributed by atoms with Crippen LogP contribution in [0.2, 0.25) is 0 Å². The first-order chi connectivity index (χ1) is 10.9. The molecule has 3 rings (SSSR count). The largest absolute Gasteiger partial charge is 0.455 e. The number of aromatic amines is 1. The van der Waals surface area contributed by atoms with Gasteiger partial charge < -0.3 is 15.5 Å². The Labute approximate surface area is 127 Å². The number of nitrogens with zero attached hydrogens (tertiary/aromatic N) is 1. The van der Waals surface area contributed by atoms with Crippen LogP contribution in [-0.2, 0) is 6.18 Å². The van der Waals surface area contributed by atoms with Gasteiger partial charge in [0.05, 0.1) is 17.3 Å². The van der Waals surface area contributed by atoms with Gasteiger partial charge in [0.25, 0.3) is 5.91 Å². The van der Waals surface area contributed by atoms with Gasteiger partial charge in [-0.05, 0) is 18.2 Å². The number of hydrogen-bond acceptors (Lipinski definition) is 3. The molecule has 5 nitrogen and oxygen atoms in total. The standard InChI is InChI=1S/C15H10F3N3O2/c16-15(17,18)11-7-21-14-10(11)5-8(6-20-14)23-12-4-2-1-3-9(12)13(19)22/h1-7H,(H2,19,22)(H,20,21). The van der Waals surface area contributed by atoms with Crippen LogP contribution >= 0.6 is 0 Å². The summed E-state index contributed by atoms with van der Waals surface area (Å²) in [6.07, 6.45) is -2.40. The van der Waals surface area contributed by atoms with Crippen LogP contribution in [0.5, 0.6) is 11.5 Å². The molecule has 3 aromatic rings. The highest BCUT2D eigenvalue weighted by atomic mass is 19.4. The van der Waals surface area contributed by atoms with Gasteiger partial charge in [0.1, 0.15) is 17.1 Å². The van der Waals surface area contributed by atoms with E-state index in [-0.39, 0.29) is 28.1 Å². The number of hydrogen-bond donors (Lipinski definition) is 2. The highest BCUT2D eigenvalue weighted by Crippen LogP contribution is 2.36. The van der Waals surface area contributed by atoms with Gasteiger partial charge in [0.15, 0.2) is 0 Å². The van der Waals surface area contributed by atoms with Crippen molar-refractivity contribution < 1.29 is 22.7 Å². The maximum atomic E-state index is 12.9. The van der Waals surface area contributed by atoms with E-state index in [0.29, 0.717) is 0 Å². The number of rotatable bonds is 3. The average Bonchev–Trinajstić information content (AvgIpc) is 2.90. The second-order valence-corrected chi connectivity index (χ2v) is 4.73. The molecule has 3 N–H and O–H groups in total. The third-order valence-electron chi connectivity index (χ3n) is 3.19. The SMILES string of the molecule is NC(=O)c1ccccc1Oc1cnc2[nH]cc(C(F)(F)F)c2c1. The molecule has 0 spiro atoms. The van der Waals surface area contributed by atoms with Gasteiger partial charge in [-0.25, -0.2) is 4.98 Å². The van der Waals surface area contributed by atoms with Crippen molar-refractivity contribution in [3.63, 3.8) is 0 Å². The number of carbonyl (C=O) groups is 1. The highest BCUT2D eigenvalue weighted by molar-refractivity contribution is 5.95. The Morgan fingerprint density at radius 1 is 1.26 bits per heavy atom. The van der Waals surface area contributed by atoms with Crippen LogP contribution in [0.4, 0.5) is 13.2 Å². The number of H-pyrrole nitrogens is 1. The normalized spacial score (nSPS) is 11.6. The van der Waals surface area contributed by atoms with Crippen LogP contribution in [0.3, 0.4) is 0 Å². The molecule has 0 fully saturated rings. The van der Waals surface area contributed by atoms with Gasteiger partial charge in [0.2, 0.25) is 0 Å². The van der Waals surface area contributed by atoms with Gasteiger partial charge in [-0.2, -0.15) is 13.2 Å². The van der Waals surface area contributed by atoms with E-state index in [2.05, 4.69) is 9.97 Å². The quantitative estimate of drug-likeness (QED) is 0.775. The van der Waals surface area contributed by atoms with Crippen molar-refractivity contribution in [2.24, 2.45) is 5.73 Å². The van der Waals surface area contributed by atoms with E-state index in [1.165, 1.54) is 24.4 Å². The lowest BCUT2D eigenvalue weighted by molar-refractivity contribution is -0.136. The number of nitrogens with one attached hydrogen (secondary N) is 1. The Morgan fingerprint density at radius 2 is 2.00 bits per heavy atom. The minimum Gasteiger partial charge on any atom is -0.455 e. The minimum absolute atomic E-state index is 0.0660. The number of alkyl halides is 3. The number of nitrogens with two attached hydrogens (primary N) is 1. The van der Waals surface area contributed by atoms with Crippen molar-refractivity contribution >= 4 is 16.9 Å². The fourth-order valence-electron chi connectivity index (χ4n) is 2.16. The van der Waals surface area contributed by atoms with E-state index in [0.717, 1.165) is 6.20 Å². The third kappa shape index (κ3) is 2.83. The fourth-order valence-corrected chi connectivity index (χ4v) is 2.16. The van der Waals surface area contributed by atoms with Gasteiger partial charge in [-0.3, -0.25) is 4.79 Å². The molecular weight excluding hydrogens is 311 g/mol. The van der Waals surface area contributed by atoms with Crippen molar-refractivity contribution in [2.45, 2.75) is 6.18 Å². The molecule has 0 atom stereocenters. The zero-order chi connectivity index (χ0) is 16.6. The molecule has 0 saturated carbocycles. The monoisotopic (exact) mass is 321 g/mol. The molecule has 0 bridgehead atoms. The van der Waals surface area contributed by atoms with E-state index >= 15 is 0 Å². The molecular formula is C15H10F3N3O2. The summed E-state index contributed by atoms with van der Waals surface area (Å²) in [5.74, 6) is -0.492. The van der Waals surface area contributed by atoms with E-state index in [1.807, 2.05) is 0 Å². The molecule has 0 radical (unpaired) electrons. The molecule has 0 aliphatic carbocycles. The molecule has 2 aromatic heterocycles. The summed E-state index contributed by atoms with van der Waals surface area (Å²) in [5, 5.41) is -0.119. The number of primary amides is 1. The lowest BCUT2D eigenvalue weighted by Gasteiger charge is -2.09. The predicted molar refractivity (Wildman–Crippen MR) is 76.1 cm³/mol. The van der Waals surface area contributed by atoms with E-state index in [4.69, 9.17) is 10.5 Å². The van der Waals surface area contributed by atoms with Crippen LogP contribution in [0.15, 0.2) is 42.7 Å². The van der Waals surface area contributed by atoms with Crippen molar-refractivity contribution in [1.82, 2.24) is 9.97 Å². The van der Waals surface area contributed by atoms with Crippen molar-refractivity contribution in [2.75, 3.05) is 0 Å². The molecule has 8 heteroatoms. The molecule has 1 aromatic carbocycles. The summed E-state index contributed by atoms with van der Waals surface area (Å²) in [4.78, 5) is 17.7. The number of fused-ring (bicyclic) bond motifs is 1. The minimum atomic E-state index is -4.51. The van der Waals surface area contributed by atoms with Gasteiger partial charge in [-0.15, -0.1) is 0 Å². The Hall–Kier alpha value is -3.03. The number of pyridine rings is 1. The zero-order valence-electron chi connectivity index (χ0n) is 11.5. The summed E-state index contributed by atoms with van der Waals surface area (Å²) < 4.78 is 44.3. The van der Waals surface area contributed by atoms with E-state index in [1.54, 1.807) is 12.1 Å². The molecule has 118 valence electrons. The number of aromatic nitrogens is 2. The van der Waals surface area contributed by atoms with Crippen LogP contribution in [0.25, 0.3) is 11.0 Å². The second-order valence-electron chi connectivity index (χ2n) is 4.73. The summed E-state index contributed by atoms with van der Waals surface area (Å²) in [6.45, 7) is 0. The molecule has 23 heavy (non-hydrogen) atoms. The molecule has 1 amide bonds. The van der Waals surface area contributed by atoms with E-state index in [9.17, 15) is 18.0 Å². The summed E-state index contributed by atoms with van der Waals surface area (Å²) in [7, 11) is 0. The molecule has 0 saturated heterocycles. The smallest absolute Gasteiger partial charge is 0.418 e. The lowest BCUT2D eigenvalue weighted by atomic mass is 10.2. The summed E-state index contributed by atoms with van der Waals surface area (Å²) in [6, 6.07) is 7.38. The van der Waals surface area contributed by atoms with Crippen LogP contribution in [-0.4, -0.2) is 15.9 Å². The van der Waals surface area contributed by atoms with Crippen molar-refractivity contribution in [1.29, 1.82) is 0 Å². The summed E-state index contributed by atoms with van der Waals surface area (Å²) in [5.41, 5.74) is 4.61. The molecule has 0 aliphatic rings. The van der Waals surface area contributed by atoms with Crippen molar-refractivity contribution in [3.05, 3.63) is 53.9 Å². The fraction of sp³-hybridized carbons (Fsp3) is 0.0667. The Bertz CT molecular complexity index is 887. The average molecular weight is 321 g/mol. The zero-order valence-corrected chi connectivity index (χ0v) is 11.5. The molecule has 2 heterocycles. The highest BCUT2D eigenvalue weighted by Gasteiger charge is 2.34. The first-order valence-electron chi connectivity index (χ1n) is 6.47. The number of halogens is 3. The van der Waals surface area contributed by atoms with Crippen LogP contribution in [0.1, 0.15) is 15.9 Å². The van der Waals surface area contributed by atoms with Crippen LogP contribution in [0, 0.1) is 0 Å². The number of amides is 1. The van der Waals surface area contributed by atoms with Gasteiger partial charge in [-0.1, -0.05) is 12.1 Å². The lowest BCUT2D eigenvalue weighted by Crippen LogP contribution is -2.12. The Morgan fingerprint density at radius 3 is 2.70 bits per heavy atom. The summed E-state index contributed by atoms with van der Waals surface area (Å²) >= 11 is 0. The second kappa shape index (κ2) is 5.31. The maximum absolute atomic E-state index is 12.9. The van der Waals surface area contributed by atoms with Crippen molar-refractivity contribution in [3.8, 4) is 11.5 Å². The number of benzene rings is 1. The van der Waals surface area contributed by atoms with Gasteiger partial charge in [0, 0.05) is 11.6 Å². The van der Waals surface area contributed by atoms with Gasteiger partial charge >= 0.3 is 6.18 Å². The number of ether oxygens (including phenoxy) is 1. The Kier molecular flexibility index (Phi) is 3.44. The number of carbonyl (C=O) groups excluding carboxylic acids is 1.